The third-order valence-electron chi connectivity index (χ3n) is 4.33. The lowest BCUT2D eigenvalue weighted by atomic mass is 10.1. The number of guanidine groups is 1. The van der Waals surface area contributed by atoms with E-state index in [2.05, 4.69) is 25.2 Å². The molecule has 0 bridgehead atoms. The van der Waals surface area contributed by atoms with E-state index in [1.165, 1.54) is 12.1 Å². The summed E-state index contributed by atoms with van der Waals surface area (Å²) < 4.78 is 40.7. The highest BCUT2D eigenvalue weighted by atomic mass is 19.4. The van der Waals surface area contributed by atoms with Crippen molar-refractivity contribution >= 4 is 5.96 Å². The van der Waals surface area contributed by atoms with E-state index in [-0.39, 0.29) is 6.04 Å². The monoisotopic (exact) mass is 381 g/mol. The van der Waals surface area contributed by atoms with Crippen LogP contribution < -0.4 is 10.6 Å². The smallest absolute Gasteiger partial charge is 0.356 e. The molecule has 0 radical (unpaired) electrons. The first kappa shape index (κ1) is 20.8. The van der Waals surface area contributed by atoms with Crippen LogP contribution in [0.5, 0.6) is 0 Å². The van der Waals surface area contributed by atoms with E-state index in [1.54, 1.807) is 19.3 Å². The van der Waals surface area contributed by atoms with Crippen LogP contribution in [0.15, 0.2) is 41.7 Å². The predicted octanol–water partition coefficient (Wildman–Crippen LogP) is 3.92. The van der Waals surface area contributed by atoms with Gasteiger partial charge >= 0.3 is 6.18 Å². The van der Waals surface area contributed by atoms with Crippen molar-refractivity contribution in [1.29, 1.82) is 0 Å². The second kappa shape index (κ2) is 9.43. The van der Waals surface area contributed by atoms with E-state index in [0.717, 1.165) is 37.8 Å². The van der Waals surface area contributed by atoms with Crippen molar-refractivity contribution < 1.29 is 13.2 Å². The van der Waals surface area contributed by atoms with Gasteiger partial charge in [-0.15, -0.1) is 0 Å². The molecule has 0 saturated carbocycles. The van der Waals surface area contributed by atoms with Gasteiger partial charge in [0.1, 0.15) is 5.82 Å². The molecule has 1 heterocycles. The van der Waals surface area contributed by atoms with Gasteiger partial charge in [-0.1, -0.05) is 12.1 Å². The van der Waals surface area contributed by atoms with Crippen LogP contribution in [-0.2, 0) is 12.7 Å². The quantitative estimate of drug-likeness (QED) is 0.434. The van der Waals surface area contributed by atoms with Crippen molar-refractivity contribution in [2.24, 2.45) is 4.99 Å². The molecule has 1 atom stereocenters. The van der Waals surface area contributed by atoms with Crippen molar-refractivity contribution in [3.63, 3.8) is 0 Å². The zero-order valence-corrected chi connectivity index (χ0v) is 15.8. The van der Waals surface area contributed by atoms with Gasteiger partial charge in [-0.25, -0.2) is 4.98 Å². The van der Waals surface area contributed by atoms with Crippen LogP contribution in [-0.4, -0.2) is 29.1 Å². The third kappa shape index (κ3) is 6.30. The first-order valence-corrected chi connectivity index (χ1v) is 8.93. The predicted molar refractivity (Wildman–Crippen MR) is 101 cm³/mol. The Morgan fingerprint density at radius 1 is 1.30 bits per heavy atom. The molecule has 0 amide bonds. The van der Waals surface area contributed by atoms with Gasteiger partial charge in [-0.3, -0.25) is 4.99 Å². The van der Waals surface area contributed by atoms with Crippen LogP contribution >= 0.6 is 0 Å². The van der Waals surface area contributed by atoms with Crippen molar-refractivity contribution in [1.82, 2.24) is 20.2 Å². The summed E-state index contributed by atoms with van der Waals surface area (Å²) in [6, 6.07) is 5.04. The molecule has 5 nitrogen and oxygen atoms in total. The Bertz CT molecular complexity index is 752. The molecule has 0 aliphatic rings. The zero-order chi connectivity index (χ0) is 19.9. The van der Waals surface area contributed by atoms with Crippen LogP contribution in [0.25, 0.3) is 0 Å². The maximum absolute atomic E-state index is 12.9. The topological polar surface area (TPSA) is 54.2 Å². The Hall–Kier alpha value is -2.51. The fourth-order valence-corrected chi connectivity index (χ4v) is 2.72. The number of benzene rings is 1. The minimum absolute atomic E-state index is 0.299. The fraction of sp³-hybridized carbons (Fsp3) is 0.474. The number of halogens is 3. The summed E-state index contributed by atoms with van der Waals surface area (Å²) >= 11 is 0. The Morgan fingerprint density at radius 3 is 2.70 bits per heavy atom. The summed E-state index contributed by atoms with van der Waals surface area (Å²) in [5.41, 5.74) is -0.0882. The molecule has 1 aromatic carbocycles. The standard InChI is InChI=1S/C19H26F3N5/c1-14(16-7-6-8-17(13-16)19(20,21)22)26-18(23-3)25-9-4-5-11-27-12-10-24-15(27)2/h6-8,10,12-14H,4-5,9,11H2,1-3H3,(H2,23,25,26). The third-order valence-corrected chi connectivity index (χ3v) is 4.33. The fourth-order valence-electron chi connectivity index (χ4n) is 2.72. The maximum Gasteiger partial charge on any atom is 0.416 e. The number of nitrogens with zero attached hydrogens (tertiary/aromatic N) is 3. The average Bonchev–Trinajstić information content (AvgIpc) is 3.04. The highest BCUT2D eigenvalue weighted by molar-refractivity contribution is 5.80. The Balaban J connectivity index is 1.80. The van der Waals surface area contributed by atoms with Crippen LogP contribution in [0.3, 0.4) is 0 Å². The lowest BCUT2D eigenvalue weighted by molar-refractivity contribution is -0.137. The van der Waals surface area contributed by atoms with E-state index in [9.17, 15) is 13.2 Å². The molecule has 1 unspecified atom stereocenters. The summed E-state index contributed by atoms with van der Waals surface area (Å²) in [7, 11) is 1.64. The number of hydrogen-bond donors (Lipinski definition) is 2. The maximum atomic E-state index is 12.9. The van der Waals surface area contributed by atoms with Crippen LogP contribution in [0, 0.1) is 6.92 Å². The number of aliphatic imine (C=N–C) groups is 1. The minimum atomic E-state index is -4.34. The lowest BCUT2D eigenvalue weighted by Gasteiger charge is -2.19. The molecule has 8 heteroatoms. The van der Waals surface area contributed by atoms with Crippen LogP contribution in [0.1, 0.15) is 42.8 Å². The number of hydrogen-bond acceptors (Lipinski definition) is 2. The Kier molecular flexibility index (Phi) is 7.27. The van der Waals surface area contributed by atoms with Gasteiger partial charge in [0.25, 0.3) is 0 Å². The second-order valence-electron chi connectivity index (χ2n) is 6.36. The summed E-state index contributed by atoms with van der Waals surface area (Å²) in [4.78, 5) is 8.33. The number of aromatic nitrogens is 2. The molecule has 2 aromatic rings. The van der Waals surface area contributed by atoms with Crippen molar-refractivity contribution in [3.05, 3.63) is 53.6 Å². The summed E-state index contributed by atoms with van der Waals surface area (Å²) in [6.45, 7) is 5.41. The first-order chi connectivity index (χ1) is 12.8. The molecular weight excluding hydrogens is 355 g/mol. The first-order valence-electron chi connectivity index (χ1n) is 8.93. The van der Waals surface area contributed by atoms with Gasteiger partial charge < -0.3 is 15.2 Å². The van der Waals surface area contributed by atoms with Crippen molar-refractivity contribution in [3.8, 4) is 0 Å². The number of aryl methyl sites for hydroxylation is 2. The highest BCUT2D eigenvalue weighted by Gasteiger charge is 2.30. The Morgan fingerprint density at radius 2 is 2.07 bits per heavy atom. The summed E-state index contributed by atoms with van der Waals surface area (Å²) in [5.74, 6) is 1.56. The summed E-state index contributed by atoms with van der Waals surface area (Å²) in [5, 5.41) is 6.33. The average molecular weight is 381 g/mol. The summed E-state index contributed by atoms with van der Waals surface area (Å²) in [6.07, 6.45) is 1.33. The molecular formula is C19H26F3N5. The van der Waals surface area contributed by atoms with E-state index < -0.39 is 11.7 Å². The molecule has 148 valence electrons. The highest BCUT2D eigenvalue weighted by Crippen LogP contribution is 2.30. The van der Waals surface area contributed by atoms with E-state index in [0.29, 0.717) is 11.5 Å². The molecule has 0 aliphatic heterocycles. The van der Waals surface area contributed by atoms with Crippen LogP contribution in [0.2, 0.25) is 0 Å². The molecule has 0 aliphatic carbocycles. The number of unbranched alkanes of at least 4 members (excludes halogenated alkanes) is 1. The molecule has 27 heavy (non-hydrogen) atoms. The van der Waals surface area contributed by atoms with Gasteiger partial charge in [0.15, 0.2) is 5.96 Å². The second-order valence-corrected chi connectivity index (χ2v) is 6.36. The van der Waals surface area contributed by atoms with Gasteiger partial charge in [-0.2, -0.15) is 13.2 Å². The van der Waals surface area contributed by atoms with Gasteiger partial charge in [0, 0.05) is 32.5 Å². The van der Waals surface area contributed by atoms with Gasteiger partial charge in [0.05, 0.1) is 11.6 Å². The Labute approximate surface area is 157 Å². The number of nitrogens with one attached hydrogen (secondary N) is 2. The SMILES string of the molecule is CN=C(NCCCCn1ccnc1C)NC(C)c1cccc(C(F)(F)F)c1. The van der Waals surface area contributed by atoms with Crippen molar-refractivity contribution in [2.45, 2.75) is 45.5 Å². The molecule has 1 aromatic heterocycles. The molecule has 0 fully saturated rings. The van der Waals surface area contributed by atoms with Crippen molar-refractivity contribution in [2.75, 3.05) is 13.6 Å². The van der Waals surface area contributed by atoms with Crippen LogP contribution in [0.4, 0.5) is 13.2 Å². The number of alkyl halides is 3. The number of imidazole rings is 1. The van der Waals surface area contributed by atoms with E-state index >= 15 is 0 Å². The zero-order valence-electron chi connectivity index (χ0n) is 15.8. The minimum Gasteiger partial charge on any atom is -0.356 e. The molecule has 0 spiro atoms. The molecule has 2 rings (SSSR count). The molecule has 0 saturated heterocycles. The van der Waals surface area contributed by atoms with E-state index in [1.807, 2.05) is 20.0 Å². The number of rotatable bonds is 7. The normalized spacial score (nSPS) is 13.5. The lowest BCUT2D eigenvalue weighted by Crippen LogP contribution is -2.39. The molecule has 2 N–H and O–H groups in total. The van der Waals surface area contributed by atoms with Gasteiger partial charge in [-0.05, 0) is 44.4 Å². The van der Waals surface area contributed by atoms with E-state index in [4.69, 9.17) is 0 Å². The van der Waals surface area contributed by atoms with Gasteiger partial charge in [0.2, 0.25) is 0 Å². The largest absolute Gasteiger partial charge is 0.416 e.